The molecule has 5 heteroatoms. The summed E-state index contributed by atoms with van der Waals surface area (Å²) in [6, 6.07) is 7.90. The molecule has 1 aromatic rings. The smallest absolute Gasteiger partial charge is 0.224 e. The minimum Gasteiger partial charge on any atom is -0.496 e. The molecule has 3 N–H and O–H groups in total. The number of amides is 1. The molecule has 124 valence electrons. The van der Waals surface area contributed by atoms with Gasteiger partial charge >= 0.3 is 0 Å². The van der Waals surface area contributed by atoms with Gasteiger partial charge in [0.05, 0.1) is 13.0 Å². The van der Waals surface area contributed by atoms with Gasteiger partial charge in [-0.15, -0.1) is 12.4 Å². The normalized spacial score (nSPS) is 24.2. The Hall–Kier alpha value is -1.26. The molecule has 0 heterocycles. The maximum atomic E-state index is 12.3. The molecule has 0 radical (unpaired) electrons. The van der Waals surface area contributed by atoms with Crippen molar-refractivity contribution in [3.05, 3.63) is 29.8 Å². The highest BCUT2D eigenvalue weighted by molar-refractivity contribution is 5.85. The second kappa shape index (κ2) is 8.39. The van der Waals surface area contributed by atoms with Gasteiger partial charge in [-0.25, -0.2) is 0 Å². The fourth-order valence-electron chi connectivity index (χ4n) is 3.14. The molecule has 0 saturated heterocycles. The van der Waals surface area contributed by atoms with Gasteiger partial charge in [-0.05, 0) is 37.8 Å². The lowest BCUT2D eigenvalue weighted by Gasteiger charge is -2.37. The zero-order valence-electron chi connectivity index (χ0n) is 13.4. The molecule has 0 spiro atoms. The molecule has 2 rings (SSSR count). The Balaban J connectivity index is 0.00000242. The van der Waals surface area contributed by atoms with Crippen LogP contribution in [-0.2, 0) is 11.2 Å². The Morgan fingerprint density at radius 2 is 2.14 bits per heavy atom. The topological polar surface area (TPSA) is 64.3 Å². The Morgan fingerprint density at radius 1 is 1.41 bits per heavy atom. The van der Waals surface area contributed by atoms with Crippen LogP contribution in [0.15, 0.2) is 24.3 Å². The third kappa shape index (κ3) is 4.62. The molecule has 2 unspecified atom stereocenters. The third-order valence-corrected chi connectivity index (χ3v) is 4.46. The molecule has 0 bridgehead atoms. The quantitative estimate of drug-likeness (QED) is 0.874. The molecular formula is C17H27ClN2O2. The van der Waals surface area contributed by atoms with E-state index >= 15 is 0 Å². The van der Waals surface area contributed by atoms with Gasteiger partial charge in [0.2, 0.25) is 5.91 Å². The van der Waals surface area contributed by atoms with E-state index in [0.717, 1.165) is 43.4 Å². The monoisotopic (exact) mass is 326 g/mol. The molecule has 0 aliphatic heterocycles. The van der Waals surface area contributed by atoms with Crippen molar-refractivity contribution in [1.82, 2.24) is 5.32 Å². The highest BCUT2D eigenvalue weighted by atomic mass is 35.5. The summed E-state index contributed by atoms with van der Waals surface area (Å²) in [5.74, 6) is 0.895. The number of methoxy groups -OCH3 is 1. The van der Waals surface area contributed by atoms with Crippen LogP contribution in [0, 0.1) is 5.92 Å². The van der Waals surface area contributed by atoms with Crippen molar-refractivity contribution in [2.45, 2.75) is 44.6 Å². The van der Waals surface area contributed by atoms with Gasteiger partial charge in [0.25, 0.3) is 0 Å². The summed E-state index contributed by atoms with van der Waals surface area (Å²) >= 11 is 0. The van der Waals surface area contributed by atoms with E-state index in [2.05, 4.69) is 5.32 Å². The average Bonchev–Trinajstić information content (AvgIpc) is 2.47. The van der Waals surface area contributed by atoms with Crippen LogP contribution in [0.25, 0.3) is 0 Å². The van der Waals surface area contributed by atoms with Crippen molar-refractivity contribution in [3.8, 4) is 5.75 Å². The Labute approximate surface area is 139 Å². The number of hydrogen-bond acceptors (Lipinski definition) is 3. The fourth-order valence-corrected chi connectivity index (χ4v) is 3.14. The number of carbonyl (C=O) groups excluding carboxylic acids is 1. The molecule has 0 aromatic heterocycles. The van der Waals surface area contributed by atoms with Gasteiger partial charge in [0, 0.05) is 12.1 Å². The highest BCUT2D eigenvalue weighted by Gasteiger charge is 2.37. The van der Waals surface area contributed by atoms with Crippen LogP contribution in [0.1, 0.15) is 38.2 Å². The first-order valence-electron chi connectivity index (χ1n) is 7.73. The van der Waals surface area contributed by atoms with Crippen molar-refractivity contribution in [2.24, 2.45) is 11.7 Å². The fraction of sp³-hybridized carbons (Fsp3) is 0.588. The highest BCUT2D eigenvalue weighted by Crippen LogP contribution is 2.31. The molecular weight excluding hydrogens is 300 g/mol. The van der Waals surface area contributed by atoms with Crippen molar-refractivity contribution < 1.29 is 9.53 Å². The maximum absolute atomic E-state index is 12.3. The van der Waals surface area contributed by atoms with Gasteiger partial charge in [0.1, 0.15) is 5.75 Å². The van der Waals surface area contributed by atoms with Gasteiger partial charge in [-0.2, -0.15) is 0 Å². The van der Waals surface area contributed by atoms with E-state index in [0.29, 0.717) is 6.54 Å². The van der Waals surface area contributed by atoms with E-state index in [1.807, 2.05) is 31.2 Å². The van der Waals surface area contributed by atoms with E-state index in [-0.39, 0.29) is 29.8 Å². The van der Waals surface area contributed by atoms with Gasteiger partial charge in [0.15, 0.2) is 0 Å². The third-order valence-electron chi connectivity index (χ3n) is 4.46. The number of halogens is 1. The predicted molar refractivity (Wildman–Crippen MR) is 91.5 cm³/mol. The number of carbonyl (C=O) groups is 1. The second-order valence-electron chi connectivity index (χ2n) is 6.16. The standard InChI is InChI=1S/C17H26N2O2.ClH/c1-17(18)11-6-5-8-14(17)16(20)19-12-10-13-7-3-4-9-15(13)21-2;/h3-4,7,9,14H,5-6,8,10-12,18H2,1-2H3,(H,19,20);1H. The van der Waals surface area contributed by atoms with Crippen LogP contribution < -0.4 is 15.8 Å². The van der Waals surface area contributed by atoms with E-state index in [1.165, 1.54) is 0 Å². The number of nitrogens with two attached hydrogens (primary N) is 1. The van der Waals surface area contributed by atoms with Crippen LogP contribution >= 0.6 is 12.4 Å². The van der Waals surface area contributed by atoms with Crippen LogP contribution in [0.2, 0.25) is 0 Å². The molecule has 1 fully saturated rings. The maximum Gasteiger partial charge on any atom is 0.224 e. The number of benzene rings is 1. The van der Waals surface area contributed by atoms with Crippen molar-refractivity contribution in [2.75, 3.05) is 13.7 Å². The number of rotatable bonds is 5. The molecule has 1 saturated carbocycles. The Bertz CT molecular complexity index is 491. The molecule has 1 amide bonds. The number of hydrogen-bond donors (Lipinski definition) is 2. The number of para-hydroxylation sites is 1. The molecule has 2 atom stereocenters. The summed E-state index contributed by atoms with van der Waals surface area (Å²) in [4.78, 5) is 12.3. The molecule has 4 nitrogen and oxygen atoms in total. The summed E-state index contributed by atoms with van der Waals surface area (Å²) in [6.07, 6.45) is 4.81. The lowest BCUT2D eigenvalue weighted by molar-refractivity contribution is -0.128. The minimum atomic E-state index is -0.368. The van der Waals surface area contributed by atoms with Crippen LogP contribution in [-0.4, -0.2) is 25.1 Å². The first kappa shape index (κ1) is 18.8. The zero-order chi connectivity index (χ0) is 15.3. The lowest BCUT2D eigenvalue weighted by Crippen LogP contribution is -2.53. The van der Waals surface area contributed by atoms with Crippen LogP contribution in [0.4, 0.5) is 0 Å². The Morgan fingerprint density at radius 3 is 2.82 bits per heavy atom. The first-order valence-corrected chi connectivity index (χ1v) is 7.73. The zero-order valence-corrected chi connectivity index (χ0v) is 14.2. The first-order chi connectivity index (χ1) is 10.0. The predicted octanol–water partition coefficient (Wildman–Crippen LogP) is 2.68. The lowest BCUT2D eigenvalue weighted by atomic mass is 9.74. The van der Waals surface area contributed by atoms with Crippen molar-refractivity contribution in [3.63, 3.8) is 0 Å². The average molecular weight is 327 g/mol. The summed E-state index contributed by atoms with van der Waals surface area (Å²) in [7, 11) is 1.67. The van der Waals surface area contributed by atoms with Crippen LogP contribution in [0.5, 0.6) is 5.75 Å². The second-order valence-corrected chi connectivity index (χ2v) is 6.16. The molecule has 1 aromatic carbocycles. The Kier molecular flexibility index (Phi) is 7.17. The molecule has 22 heavy (non-hydrogen) atoms. The van der Waals surface area contributed by atoms with Gasteiger partial charge in [-0.3, -0.25) is 4.79 Å². The largest absolute Gasteiger partial charge is 0.496 e. The summed E-state index contributed by atoms with van der Waals surface area (Å²) in [6.45, 7) is 2.61. The number of ether oxygens (including phenoxy) is 1. The van der Waals surface area contributed by atoms with Crippen LogP contribution in [0.3, 0.4) is 0 Å². The molecule has 1 aliphatic carbocycles. The SMILES string of the molecule is COc1ccccc1CCNC(=O)C1CCCCC1(C)N.Cl. The van der Waals surface area contributed by atoms with E-state index in [9.17, 15) is 4.79 Å². The summed E-state index contributed by atoms with van der Waals surface area (Å²) in [5.41, 5.74) is 7.01. The van der Waals surface area contributed by atoms with Crippen molar-refractivity contribution >= 4 is 18.3 Å². The minimum absolute atomic E-state index is 0. The van der Waals surface area contributed by atoms with E-state index in [4.69, 9.17) is 10.5 Å². The number of nitrogens with one attached hydrogen (secondary N) is 1. The van der Waals surface area contributed by atoms with Crippen molar-refractivity contribution in [1.29, 1.82) is 0 Å². The van der Waals surface area contributed by atoms with E-state index < -0.39 is 0 Å². The van der Waals surface area contributed by atoms with Gasteiger partial charge < -0.3 is 15.8 Å². The van der Waals surface area contributed by atoms with Gasteiger partial charge in [-0.1, -0.05) is 31.0 Å². The summed E-state index contributed by atoms with van der Waals surface area (Å²) < 4.78 is 5.32. The van der Waals surface area contributed by atoms with E-state index in [1.54, 1.807) is 7.11 Å². The molecule has 1 aliphatic rings. The summed E-state index contributed by atoms with van der Waals surface area (Å²) in [5, 5.41) is 3.03.